The number of aromatic carboxylic acids is 1. The number of imide groups is 1. The summed E-state index contributed by atoms with van der Waals surface area (Å²) in [4.78, 5) is 72.3. The molecule has 10 rings (SSSR count). The Kier molecular flexibility index (Phi) is 12.0. The molecule has 3 aliphatic rings. The van der Waals surface area contributed by atoms with Gasteiger partial charge < -0.3 is 19.7 Å². The predicted octanol–water partition coefficient (Wildman–Crippen LogP) is 8.65. The molecule has 0 spiro atoms. The Hall–Kier alpha value is -6.97. The van der Waals surface area contributed by atoms with Gasteiger partial charge in [0.05, 0.1) is 40.3 Å². The van der Waals surface area contributed by atoms with Gasteiger partial charge in [-0.15, -0.1) is 0 Å². The van der Waals surface area contributed by atoms with E-state index in [1.807, 2.05) is 103 Å². The van der Waals surface area contributed by atoms with Crippen LogP contribution in [0.25, 0.3) is 32.4 Å². The number of hydrogen-bond acceptors (Lipinski definition) is 11. The first-order valence-corrected chi connectivity index (χ1v) is 23.5. The zero-order chi connectivity index (χ0) is 45.3. The Morgan fingerprint density at radius 3 is 2.55 bits per heavy atom. The number of rotatable bonds is 13. The lowest BCUT2D eigenvalue weighted by molar-refractivity contribution is -0.134. The number of fused-ring (bicyclic) bond motifs is 3. The number of nitrogens with zero attached hydrogens (tertiary/aromatic N) is 5. The van der Waals surface area contributed by atoms with E-state index >= 15 is 0 Å². The molecule has 1 atom stereocenters. The molecular weight excluding hydrogens is 853 g/mol. The number of carbonyl (C=O) groups excluding carboxylic acids is 3. The summed E-state index contributed by atoms with van der Waals surface area (Å²) >= 11 is 1.43. The van der Waals surface area contributed by atoms with Gasteiger partial charge in [-0.3, -0.25) is 29.9 Å². The molecule has 6 heterocycles. The smallest absolute Gasteiger partial charge is 0.355 e. The van der Waals surface area contributed by atoms with Crippen LogP contribution in [0, 0.1) is 12.8 Å². The molecule has 1 unspecified atom stereocenters. The van der Waals surface area contributed by atoms with Gasteiger partial charge in [0.1, 0.15) is 17.4 Å². The van der Waals surface area contributed by atoms with Gasteiger partial charge in [0.25, 0.3) is 5.91 Å². The number of para-hydroxylation sites is 1. The SMILES string of the molecule is Cc1cc(OCCCC2CCN(Cc3nc4ccc(C5CCC(=O)NC5=O)cc4[nH]3)CC2)ccc1-c1ccc(N2CCc3cccc(C(=O)Nc4nc5ccccc5s4)c3C2)nc1C(=O)O. The number of nitrogens with one attached hydrogen (secondary N) is 3. The van der Waals surface area contributed by atoms with Crippen LogP contribution in [0.1, 0.15) is 93.4 Å². The molecule has 3 aromatic heterocycles. The highest BCUT2D eigenvalue weighted by atomic mass is 32.1. The van der Waals surface area contributed by atoms with E-state index in [0.29, 0.717) is 67.0 Å². The first kappa shape index (κ1) is 43.0. The summed E-state index contributed by atoms with van der Waals surface area (Å²) in [5.41, 5.74) is 8.24. The fourth-order valence-electron chi connectivity index (χ4n) is 9.70. The largest absolute Gasteiger partial charge is 0.494 e. The fourth-order valence-corrected chi connectivity index (χ4v) is 10.6. The summed E-state index contributed by atoms with van der Waals surface area (Å²) in [6.07, 6.45) is 5.81. The van der Waals surface area contributed by atoms with Crippen molar-refractivity contribution in [2.75, 3.05) is 36.5 Å². The molecule has 0 saturated carbocycles. The van der Waals surface area contributed by atoms with E-state index in [4.69, 9.17) is 14.7 Å². The number of imidazole rings is 1. The lowest BCUT2D eigenvalue weighted by Gasteiger charge is -2.31. The van der Waals surface area contributed by atoms with Crippen LogP contribution >= 0.6 is 11.3 Å². The summed E-state index contributed by atoms with van der Waals surface area (Å²) in [7, 11) is 0. The molecular formula is C51H50N8O6S. The van der Waals surface area contributed by atoms with E-state index in [9.17, 15) is 24.3 Å². The number of amides is 3. The quantitative estimate of drug-likeness (QED) is 0.0642. The van der Waals surface area contributed by atoms with Crippen molar-refractivity contribution in [3.05, 3.63) is 130 Å². The van der Waals surface area contributed by atoms with Gasteiger partial charge in [-0.05, 0) is 147 Å². The highest BCUT2D eigenvalue weighted by Gasteiger charge is 2.29. The number of benzene rings is 4. The van der Waals surface area contributed by atoms with Crippen molar-refractivity contribution in [3.63, 3.8) is 0 Å². The van der Waals surface area contributed by atoms with Gasteiger partial charge in [-0.25, -0.2) is 19.7 Å². The Bertz CT molecular complexity index is 2980. The minimum absolute atomic E-state index is 0.0267. The monoisotopic (exact) mass is 902 g/mol. The zero-order valence-electron chi connectivity index (χ0n) is 36.6. The Labute approximate surface area is 385 Å². The van der Waals surface area contributed by atoms with Crippen LogP contribution < -0.4 is 20.3 Å². The highest BCUT2D eigenvalue weighted by Crippen LogP contribution is 2.34. The van der Waals surface area contributed by atoms with Gasteiger partial charge in [-0.1, -0.05) is 47.7 Å². The van der Waals surface area contributed by atoms with Crippen molar-refractivity contribution in [2.45, 2.75) is 70.9 Å². The Balaban J connectivity index is 0.713. The minimum atomic E-state index is -1.11. The zero-order valence-corrected chi connectivity index (χ0v) is 37.5. The number of likely N-dealkylation sites (tertiary alicyclic amines) is 1. The second kappa shape index (κ2) is 18.5. The second-order valence-corrected chi connectivity index (χ2v) is 18.6. The third kappa shape index (κ3) is 9.13. The molecule has 4 aromatic carbocycles. The number of piperidine rings is 2. The minimum Gasteiger partial charge on any atom is -0.494 e. The molecule has 15 heteroatoms. The molecule has 2 fully saturated rings. The number of hydrogen-bond donors (Lipinski definition) is 4. The standard InChI is InChI=1S/C51H50N8O6S/c1-30-26-34(65-25-5-6-31-19-22-58(23-20-31)29-44-52-40-16-11-33(27-42(40)53-44)36-15-18-46(60)56-48(36)61)12-13-35(30)37-14-17-45(55-47(37)50(63)64)59-24-21-32-7-4-8-38(39(32)28-59)49(62)57-51-54-41-9-2-3-10-43(41)66-51/h2-4,7-14,16-17,26-27,31,36H,5-6,15,18-25,28-29H2,1H3,(H,52,53)(H,63,64)(H,54,57,62)(H,56,60,61). The van der Waals surface area contributed by atoms with E-state index in [0.717, 1.165) is 106 Å². The molecule has 14 nitrogen and oxygen atoms in total. The molecule has 3 aliphatic heterocycles. The van der Waals surface area contributed by atoms with Crippen molar-refractivity contribution < 1.29 is 29.0 Å². The van der Waals surface area contributed by atoms with Crippen LogP contribution in [-0.4, -0.2) is 79.9 Å². The Morgan fingerprint density at radius 2 is 1.73 bits per heavy atom. The number of aryl methyl sites for hydroxylation is 1. The number of pyridine rings is 1. The topological polar surface area (TPSA) is 183 Å². The van der Waals surface area contributed by atoms with Gasteiger partial charge in [0, 0.05) is 30.6 Å². The molecule has 7 aromatic rings. The maximum absolute atomic E-state index is 13.6. The van der Waals surface area contributed by atoms with E-state index in [1.54, 1.807) is 0 Å². The molecule has 0 aliphatic carbocycles. The lowest BCUT2D eigenvalue weighted by atomic mass is 9.90. The fraction of sp³-hybridized carbons (Fsp3) is 0.314. The van der Waals surface area contributed by atoms with Gasteiger partial charge in [0.2, 0.25) is 11.8 Å². The van der Waals surface area contributed by atoms with Gasteiger partial charge in [0.15, 0.2) is 10.8 Å². The molecule has 4 N–H and O–H groups in total. The number of anilines is 2. The Morgan fingerprint density at radius 1 is 0.879 bits per heavy atom. The average Bonchev–Trinajstić information content (AvgIpc) is 3.93. The number of carboxylic acids is 1. The summed E-state index contributed by atoms with van der Waals surface area (Å²) in [5.74, 6) is 0.724. The van der Waals surface area contributed by atoms with Crippen LogP contribution in [-0.2, 0) is 29.1 Å². The number of carbonyl (C=O) groups is 4. The van der Waals surface area contributed by atoms with Crippen molar-refractivity contribution in [3.8, 4) is 16.9 Å². The van der Waals surface area contributed by atoms with Crippen LogP contribution in [0.15, 0.2) is 91.0 Å². The van der Waals surface area contributed by atoms with Gasteiger partial charge >= 0.3 is 5.97 Å². The molecule has 66 heavy (non-hydrogen) atoms. The number of H-pyrrole nitrogens is 1. The molecule has 2 saturated heterocycles. The van der Waals surface area contributed by atoms with E-state index in [-0.39, 0.29) is 29.3 Å². The first-order chi connectivity index (χ1) is 32.1. The van der Waals surface area contributed by atoms with Crippen molar-refractivity contribution >= 4 is 67.2 Å². The summed E-state index contributed by atoms with van der Waals surface area (Å²) in [6.45, 7) is 6.34. The predicted molar refractivity (Wildman–Crippen MR) is 254 cm³/mol. The van der Waals surface area contributed by atoms with Crippen LogP contribution in [0.2, 0.25) is 0 Å². The maximum atomic E-state index is 13.6. The van der Waals surface area contributed by atoms with Crippen LogP contribution in [0.4, 0.5) is 10.9 Å². The summed E-state index contributed by atoms with van der Waals surface area (Å²) in [6, 6.07) is 28.9. The van der Waals surface area contributed by atoms with E-state index in [2.05, 4.69) is 25.5 Å². The van der Waals surface area contributed by atoms with Crippen molar-refractivity contribution in [1.29, 1.82) is 0 Å². The second-order valence-electron chi connectivity index (χ2n) is 17.6. The van der Waals surface area contributed by atoms with Crippen LogP contribution in [0.3, 0.4) is 0 Å². The molecule has 336 valence electrons. The molecule has 3 amide bonds. The summed E-state index contributed by atoms with van der Waals surface area (Å²) < 4.78 is 7.20. The third-order valence-electron chi connectivity index (χ3n) is 13.2. The first-order valence-electron chi connectivity index (χ1n) is 22.7. The number of aromatic nitrogens is 4. The third-order valence-corrected chi connectivity index (χ3v) is 14.2. The number of thiazole rings is 1. The average molecular weight is 903 g/mol. The van der Waals surface area contributed by atoms with Crippen LogP contribution in [0.5, 0.6) is 5.75 Å². The number of aromatic amines is 1. The molecule has 0 radical (unpaired) electrons. The highest BCUT2D eigenvalue weighted by molar-refractivity contribution is 7.22. The van der Waals surface area contributed by atoms with E-state index in [1.165, 1.54) is 11.3 Å². The summed E-state index contributed by atoms with van der Waals surface area (Å²) in [5, 5.41) is 16.4. The van der Waals surface area contributed by atoms with Crippen molar-refractivity contribution in [2.24, 2.45) is 5.92 Å². The molecule has 0 bridgehead atoms. The maximum Gasteiger partial charge on any atom is 0.355 e. The number of carboxylic acid groups (broad SMARTS) is 1. The number of ether oxygens (including phenoxy) is 1. The lowest BCUT2D eigenvalue weighted by Crippen LogP contribution is -2.39. The van der Waals surface area contributed by atoms with Gasteiger partial charge in [-0.2, -0.15) is 0 Å². The normalized spacial score (nSPS) is 16.9. The van der Waals surface area contributed by atoms with E-state index < -0.39 is 5.97 Å². The van der Waals surface area contributed by atoms with Crippen molar-refractivity contribution in [1.82, 2.24) is 30.2 Å².